The van der Waals surface area contributed by atoms with Crippen molar-refractivity contribution >= 4 is 17.5 Å². The van der Waals surface area contributed by atoms with Gasteiger partial charge in [-0.25, -0.2) is 0 Å². The number of nitrogens with one attached hydrogen (secondary N) is 1. The fourth-order valence-electron chi connectivity index (χ4n) is 1.92. The molecule has 2 N–H and O–H groups in total. The van der Waals surface area contributed by atoms with Crippen LogP contribution in [0.3, 0.4) is 0 Å². The van der Waals surface area contributed by atoms with E-state index in [0.29, 0.717) is 16.1 Å². The highest BCUT2D eigenvalue weighted by molar-refractivity contribution is 6.33. The van der Waals surface area contributed by atoms with Gasteiger partial charge < -0.3 is 15.2 Å². The number of rotatable bonds is 6. The molecular weight excluding hydrogens is 328 g/mol. The molecule has 0 saturated carbocycles. The Bertz CT molecular complexity index is 665. The van der Waals surface area contributed by atoms with Crippen LogP contribution in [0.1, 0.15) is 22.0 Å². The number of carbonyl (C=O) groups is 1. The highest BCUT2D eigenvalue weighted by atomic mass is 35.5. The van der Waals surface area contributed by atoms with Gasteiger partial charge in [-0.1, -0.05) is 35.9 Å². The van der Waals surface area contributed by atoms with E-state index in [1.54, 1.807) is 24.3 Å². The van der Waals surface area contributed by atoms with Crippen molar-refractivity contribution in [3.63, 3.8) is 0 Å². The van der Waals surface area contributed by atoms with Crippen LogP contribution < -0.4 is 10.1 Å². The Labute approximate surface area is 136 Å². The van der Waals surface area contributed by atoms with Gasteiger partial charge in [0.25, 0.3) is 5.91 Å². The van der Waals surface area contributed by atoms with E-state index < -0.39 is 18.6 Å². The van der Waals surface area contributed by atoms with Crippen LogP contribution in [0.4, 0.5) is 8.78 Å². The monoisotopic (exact) mass is 341 g/mol. The molecule has 7 heteroatoms. The van der Waals surface area contributed by atoms with Gasteiger partial charge in [0.15, 0.2) is 0 Å². The summed E-state index contributed by atoms with van der Waals surface area (Å²) in [4.78, 5) is 12.0. The minimum Gasteiger partial charge on any atom is -0.435 e. The summed E-state index contributed by atoms with van der Waals surface area (Å²) in [5.41, 5.74) is 0.771. The molecule has 0 aliphatic carbocycles. The minimum absolute atomic E-state index is 0.00365. The zero-order valence-corrected chi connectivity index (χ0v) is 12.6. The molecule has 1 atom stereocenters. The van der Waals surface area contributed by atoms with Crippen LogP contribution in [0.15, 0.2) is 48.5 Å². The molecule has 2 aromatic rings. The lowest BCUT2D eigenvalue weighted by molar-refractivity contribution is -0.0498. The second-order valence-corrected chi connectivity index (χ2v) is 5.06. The Balaban J connectivity index is 1.93. The van der Waals surface area contributed by atoms with Gasteiger partial charge >= 0.3 is 6.61 Å². The molecule has 0 aliphatic heterocycles. The number of ether oxygens (including phenoxy) is 1. The topological polar surface area (TPSA) is 58.6 Å². The van der Waals surface area contributed by atoms with Crippen molar-refractivity contribution in [3.8, 4) is 5.75 Å². The largest absolute Gasteiger partial charge is 0.435 e. The van der Waals surface area contributed by atoms with Crippen LogP contribution in [0, 0.1) is 0 Å². The SMILES string of the molecule is O=C(NC[C@H](O)c1ccc(OC(F)F)cc1)c1ccccc1Cl. The van der Waals surface area contributed by atoms with E-state index in [1.807, 2.05) is 0 Å². The first-order valence-electron chi connectivity index (χ1n) is 6.73. The van der Waals surface area contributed by atoms with E-state index in [-0.39, 0.29) is 12.3 Å². The molecule has 0 heterocycles. The summed E-state index contributed by atoms with van der Waals surface area (Å²) in [6.45, 7) is -2.94. The molecule has 2 rings (SSSR count). The van der Waals surface area contributed by atoms with E-state index >= 15 is 0 Å². The summed E-state index contributed by atoms with van der Waals surface area (Å²) >= 11 is 5.91. The summed E-state index contributed by atoms with van der Waals surface area (Å²) in [6.07, 6.45) is -0.984. The molecule has 0 saturated heterocycles. The molecule has 0 bridgehead atoms. The predicted molar refractivity (Wildman–Crippen MR) is 81.8 cm³/mol. The Morgan fingerprint density at radius 3 is 2.43 bits per heavy atom. The van der Waals surface area contributed by atoms with Crippen LogP contribution in [0.5, 0.6) is 5.75 Å². The van der Waals surface area contributed by atoms with Crippen LogP contribution >= 0.6 is 11.6 Å². The Morgan fingerprint density at radius 2 is 1.83 bits per heavy atom. The quantitative estimate of drug-likeness (QED) is 0.846. The predicted octanol–water partition coefficient (Wildman–Crippen LogP) is 3.40. The molecule has 0 spiro atoms. The van der Waals surface area contributed by atoms with Gasteiger partial charge in [0, 0.05) is 6.54 Å². The minimum atomic E-state index is -2.90. The summed E-state index contributed by atoms with van der Waals surface area (Å²) in [7, 11) is 0. The normalized spacial score (nSPS) is 12.0. The number of aliphatic hydroxyl groups is 1. The van der Waals surface area contributed by atoms with Crippen LogP contribution in [-0.2, 0) is 0 Å². The lowest BCUT2D eigenvalue weighted by Gasteiger charge is -2.13. The maximum Gasteiger partial charge on any atom is 0.387 e. The second kappa shape index (κ2) is 7.89. The highest BCUT2D eigenvalue weighted by Gasteiger charge is 2.13. The Hall–Kier alpha value is -2.18. The third kappa shape index (κ3) is 4.91. The number of alkyl halides is 2. The van der Waals surface area contributed by atoms with Gasteiger partial charge in [-0.3, -0.25) is 4.79 Å². The summed E-state index contributed by atoms with van der Waals surface area (Å²) in [6, 6.07) is 12.1. The maximum absolute atomic E-state index is 12.1. The molecule has 0 unspecified atom stereocenters. The van der Waals surface area contributed by atoms with Crippen molar-refractivity contribution < 1.29 is 23.4 Å². The van der Waals surface area contributed by atoms with Crippen LogP contribution in [0.25, 0.3) is 0 Å². The van der Waals surface area contributed by atoms with Gasteiger partial charge in [-0.05, 0) is 29.8 Å². The van der Waals surface area contributed by atoms with Crippen molar-refractivity contribution in [1.82, 2.24) is 5.32 Å². The first-order valence-corrected chi connectivity index (χ1v) is 7.10. The molecule has 0 radical (unpaired) electrons. The molecular formula is C16H14ClF2NO3. The van der Waals surface area contributed by atoms with Crippen molar-refractivity contribution in [2.24, 2.45) is 0 Å². The third-order valence-electron chi connectivity index (χ3n) is 3.06. The molecule has 2 aromatic carbocycles. The van der Waals surface area contributed by atoms with Crippen LogP contribution in [0.2, 0.25) is 5.02 Å². The van der Waals surface area contributed by atoms with Crippen molar-refractivity contribution in [1.29, 1.82) is 0 Å². The number of benzene rings is 2. The Morgan fingerprint density at radius 1 is 1.17 bits per heavy atom. The summed E-state index contributed by atoms with van der Waals surface area (Å²) < 4.78 is 28.3. The smallest absolute Gasteiger partial charge is 0.387 e. The van der Waals surface area contributed by atoms with E-state index in [4.69, 9.17) is 11.6 Å². The number of aliphatic hydroxyl groups excluding tert-OH is 1. The molecule has 122 valence electrons. The fraction of sp³-hybridized carbons (Fsp3) is 0.188. The van der Waals surface area contributed by atoms with Crippen molar-refractivity contribution in [2.75, 3.05) is 6.54 Å². The Kier molecular flexibility index (Phi) is 5.90. The lowest BCUT2D eigenvalue weighted by atomic mass is 10.1. The van der Waals surface area contributed by atoms with Crippen LogP contribution in [-0.4, -0.2) is 24.2 Å². The second-order valence-electron chi connectivity index (χ2n) is 4.65. The van der Waals surface area contributed by atoms with Gasteiger partial charge in [0.2, 0.25) is 0 Å². The number of carbonyl (C=O) groups excluding carboxylic acids is 1. The van der Waals surface area contributed by atoms with Gasteiger partial charge in [0.1, 0.15) is 5.75 Å². The molecule has 1 amide bonds. The maximum atomic E-state index is 12.1. The van der Waals surface area contributed by atoms with Crippen molar-refractivity contribution in [2.45, 2.75) is 12.7 Å². The fourth-order valence-corrected chi connectivity index (χ4v) is 2.14. The van der Waals surface area contributed by atoms with Gasteiger partial charge in [-0.15, -0.1) is 0 Å². The highest BCUT2D eigenvalue weighted by Crippen LogP contribution is 2.19. The van der Waals surface area contributed by atoms with E-state index in [2.05, 4.69) is 10.1 Å². The van der Waals surface area contributed by atoms with E-state index in [0.717, 1.165) is 0 Å². The van der Waals surface area contributed by atoms with E-state index in [1.165, 1.54) is 24.3 Å². The first kappa shape index (κ1) is 17.2. The third-order valence-corrected chi connectivity index (χ3v) is 3.39. The zero-order valence-electron chi connectivity index (χ0n) is 11.9. The average Bonchev–Trinajstić information content (AvgIpc) is 2.53. The molecule has 0 aliphatic rings. The molecule has 0 fully saturated rings. The average molecular weight is 342 g/mol. The molecule has 0 aromatic heterocycles. The van der Waals surface area contributed by atoms with Gasteiger partial charge in [-0.2, -0.15) is 8.78 Å². The zero-order chi connectivity index (χ0) is 16.8. The summed E-state index contributed by atoms with van der Waals surface area (Å²) in [5.74, 6) is -0.414. The molecule has 23 heavy (non-hydrogen) atoms. The number of hydrogen-bond donors (Lipinski definition) is 2. The lowest BCUT2D eigenvalue weighted by Crippen LogP contribution is -2.28. The van der Waals surface area contributed by atoms with Crippen molar-refractivity contribution in [3.05, 3.63) is 64.7 Å². The number of halogens is 3. The standard InChI is InChI=1S/C16H14ClF2NO3/c17-13-4-2-1-3-12(13)15(22)20-9-14(21)10-5-7-11(8-6-10)23-16(18)19/h1-8,14,16,21H,9H2,(H,20,22)/t14-/m0/s1. The van der Waals surface area contributed by atoms with E-state index in [9.17, 15) is 18.7 Å². The summed E-state index contributed by atoms with van der Waals surface area (Å²) in [5, 5.41) is 12.9. The number of amides is 1. The molecule has 4 nitrogen and oxygen atoms in total. The first-order chi connectivity index (χ1) is 11.0. The van der Waals surface area contributed by atoms with Gasteiger partial charge in [0.05, 0.1) is 16.7 Å². The number of hydrogen-bond acceptors (Lipinski definition) is 3.